The summed E-state index contributed by atoms with van der Waals surface area (Å²) in [5, 5.41) is 2.62. The number of amides is 1. The van der Waals surface area contributed by atoms with E-state index in [-0.39, 0.29) is 50.9 Å². The molecular weight excluding hydrogens is 759 g/mol. The van der Waals surface area contributed by atoms with E-state index in [0.717, 1.165) is 31.1 Å². The number of carbonyl (C=O) groups is 2. The van der Waals surface area contributed by atoms with E-state index in [1.807, 2.05) is 0 Å². The standard InChI is InChI=1S/C43H82NO4.Ho/c1-6-9-12-15-18-23-28-33-40(32-27-22-17-14-11-8-3)41(34-29-24-19-16-13-10-7-2)35-30-25-20-21-26-31-37-48-43(46)44-36-38-47-42(45)39(4)5;/h40-41H,3-4,6-38H2,1-2,5H3,(H,44,46);/q-1;. The molecule has 2 atom stereocenters. The average molecular weight is 842 g/mol. The summed E-state index contributed by atoms with van der Waals surface area (Å²) in [6, 6.07) is 0. The summed E-state index contributed by atoms with van der Waals surface area (Å²) in [6.45, 7) is 14.6. The molecule has 49 heavy (non-hydrogen) atoms. The Hall–Kier alpha value is -0.260. The minimum atomic E-state index is -0.447. The number of ether oxygens (including phenoxy) is 2. The molecule has 0 aromatic carbocycles. The van der Waals surface area contributed by atoms with Gasteiger partial charge in [-0.25, -0.2) is 9.59 Å². The van der Waals surface area contributed by atoms with E-state index in [9.17, 15) is 9.59 Å². The van der Waals surface area contributed by atoms with Gasteiger partial charge in [0.05, 0.1) is 13.2 Å². The third kappa shape index (κ3) is 35.9. The van der Waals surface area contributed by atoms with Crippen molar-refractivity contribution >= 4 is 12.1 Å². The Morgan fingerprint density at radius 1 is 0.551 bits per heavy atom. The molecule has 0 aliphatic carbocycles. The summed E-state index contributed by atoms with van der Waals surface area (Å²) in [6.07, 6.45) is 40.2. The van der Waals surface area contributed by atoms with Crippen molar-refractivity contribution in [3.8, 4) is 0 Å². The van der Waals surface area contributed by atoms with Crippen LogP contribution in [-0.2, 0) is 14.3 Å². The third-order valence-corrected chi connectivity index (χ3v) is 10.0. The number of rotatable bonds is 37. The molecule has 0 heterocycles. The van der Waals surface area contributed by atoms with Crippen molar-refractivity contribution in [2.45, 2.75) is 213 Å². The van der Waals surface area contributed by atoms with E-state index in [1.54, 1.807) is 6.92 Å². The first kappa shape index (κ1) is 50.8. The van der Waals surface area contributed by atoms with Crippen LogP contribution in [-0.4, -0.2) is 31.8 Å². The van der Waals surface area contributed by atoms with Gasteiger partial charge in [0.25, 0.3) is 0 Å². The quantitative estimate of drug-likeness (QED) is 0.0222. The van der Waals surface area contributed by atoms with Gasteiger partial charge in [0.2, 0.25) is 0 Å². The molecule has 0 saturated carbocycles. The van der Waals surface area contributed by atoms with Crippen LogP contribution >= 0.6 is 0 Å². The maximum atomic E-state index is 11.8. The molecule has 0 aliphatic rings. The number of carbonyl (C=O) groups excluding carboxylic acids is 2. The summed E-state index contributed by atoms with van der Waals surface area (Å²) in [5.41, 5.74) is 0.353. The van der Waals surface area contributed by atoms with Crippen molar-refractivity contribution in [2.75, 3.05) is 19.8 Å². The van der Waals surface area contributed by atoms with E-state index >= 15 is 0 Å². The fraction of sp³-hybridized carbons (Fsp3) is 0.884. The van der Waals surface area contributed by atoms with Crippen molar-refractivity contribution in [1.29, 1.82) is 0 Å². The van der Waals surface area contributed by atoms with Gasteiger partial charge in [-0.15, -0.1) is 0 Å². The molecule has 1 amide bonds. The SMILES string of the molecule is C=C(C)C(=O)OCCNC(=O)OCCCCCCCCC(CCCCCCCCC)C(CCCCCCC[CH2-])CCCCCCCCC.[Ho]. The first-order valence-corrected chi connectivity index (χ1v) is 21.0. The molecule has 5 nitrogen and oxygen atoms in total. The Kier molecular flexibility index (Phi) is 42.0. The zero-order valence-corrected chi connectivity index (χ0v) is 34.8. The van der Waals surface area contributed by atoms with E-state index in [2.05, 4.69) is 32.7 Å². The molecule has 6 heteroatoms. The van der Waals surface area contributed by atoms with Crippen LogP contribution in [0.25, 0.3) is 0 Å². The van der Waals surface area contributed by atoms with Gasteiger partial charge in [0, 0.05) is 43.3 Å². The minimum absolute atomic E-state index is 0. The van der Waals surface area contributed by atoms with Gasteiger partial charge in [-0.3, -0.25) is 0 Å². The molecule has 0 aliphatic heterocycles. The zero-order valence-electron chi connectivity index (χ0n) is 32.8. The third-order valence-electron chi connectivity index (χ3n) is 10.0. The van der Waals surface area contributed by atoms with E-state index in [4.69, 9.17) is 9.47 Å². The Bertz CT molecular complexity index is 731. The van der Waals surface area contributed by atoms with Gasteiger partial charge < -0.3 is 21.7 Å². The summed E-state index contributed by atoms with van der Waals surface area (Å²) < 4.78 is 10.2. The van der Waals surface area contributed by atoms with Crippen LogP contribution in [0.5, 0.6) is 0 Å². The molecule has 0 aromatic rings. The fourth-order valence-corrected chi connectivity index (χ4v) is 6.92. The molecule has 295 valence electrons. The second-order valence-corrected chi connectivity index (χ2v) is 14.6. The van der Waals surface area contributed by atoms with Gasteiger partial charge in [0.15, 0.2) is 0 Å². The van der Waals surface area contributed by atoms with E-state index < -0.39 is 12.1 Å². The van der Waals surface area contributed by atoms with Gasteiger partial charge >= 0.3 is 12.1 Å². The largest absolute Gasteiger partial charge is 0.460 e. The molecule has 2 unspecified atom stereocenters. The summed E-state index contributed by atoms with van der Waals surface area (Å²) in [5.74, 6) is 1.40. The average Bonchev–Trinajstić information content (AvgIpc) is 3.08. The normalized spacial score (nSPS) is 12.2. The predicted octanol–water partition coefficient (Wildman–Crippen LogP) is 13.6. The van der Waals surface area contributed by atoms with Crippen molar-refractivity contribution in [1.82, 2.24) is 5.32 Å². The van der Waals surface area contributed by atoms with Crippen LogP contribution in [0.2, 0.25) is 0 Å². The van der Waals surface area contributed by atoms with Gasteiger partial charge in [-0.1, -0.05) is 200 Å². The molecule has 1 N–H and O–H groups in total. The van der Waals surface area contributed by atoms with E-state index in [0.29, 0.717) is 12.2 Å². The number of hydrogen-bond acceptors (Lipinski definition) is 4. The smallest absolute Gasteiger partial charge is 0.407 e. The molecule has 0 saturated heterocycles. The van der Waals surface area contributed by atoms with Gasteiger partial charge in [0.1, 0.15) is 6.61 Å². The monoisotopic (exact) mass is 842 g/mol. The molecule has 0 bridgehead atoms. The van der Waals surface area contributed by atoms with Crippen molar-refractivity contribution < 1.29 is 56.8 Å². The summed E-state index contributed by atoms with van der Waals surface area (Å²) >= 11 is 0. The number of unbranched alkanes of at least 4 members (excludes halogenated alkanes) is 22. The Morgan fingerprint density at radius 3 is 1.31 bits per heavy atom. The molecule has 0 aromatic heterocycles. The predicted molar refractivity (Wildman–Crippen MR) is 207 cm³/mol. The fourth-order valence-electron chi connectivity index (χ4n) is 6.92. The number of alkyl carbamates (subject to hydrolysis) is 1. The van der Waals surface area contributed by atoms with Crippen LogP contribution in [0.1, 0.15) is 213 Å². The van der Waals surface area contributed by atoms with Crippen molar-refractivity contribution in [2.24, 2.45) is 11.8 Å². The maximum absolute atomic E-state index is 11.8. The second kappa shape index (κ2) is 40.5. The van der Waals surface area contributed by atoms with Crippen LogP contribution in [0.15, 0.2) is 12.2 Å². The number of esters is 1. The van der Waals surface area contributed by atoms with Crippen LogP contribution in [0, 0.1) is 56.5 Å². The molecule has 0 rings (SSSR count). The van der Waals surface area contributed by atoms with E-state index in [1.165, 1.54) is 173 Å². The Labute approximate surface area is 336 Å². The minimum Gasteiger partial charge on any atom is -0.460 e. The second-order valence-electron chi connectivity index (χ2n) is 14.6. The van der Waals surface area contributed by atoms with Crippen LogP contribution in [0.3, 0.4) is 0 Å². The zero-order chi connectivity index (χ0) is 35.3. The van der Waals surface area contributed by atoms with Crippen LogP contribution in [0.4, 0.5) is 4.79 Å². The molecule has 0 fully saturated rings. The molecular formula is C43H82HoNO4-. The van der Waals surface area contributed by atoms with Crippen molar-refractivity contribution in [3.05, 3.63) is 19.1 Å². The Morgan fingerprint density at radius 2 is 0.918 bits per heavy atom. The van der Waals surface area contributed by atoms with Gasteiger partial charge in [-0.05, 0) is 25.2 Å². The number of hydrogen-bond donors (Lipinski definition) is 1. The maximum Gasteiger partial charge on any atom is 0.407 e. The summed E-state index contributed by atoms with van der Waals surface area (Å²) in [4.78, 5) is 23.2. The first-order chi connectivity index (χ1) is 23.5. The Balaban J connectivity index is 0. The van der Waals surface area contributed by atoms with Crippen LogP contribution < -0.4 is 5.32 Å². The molecule has 0 spiro atoms. The topological polar surface area (TPSA) is 64.6 Å². The molecule has 1 radical (unpaired) electrons. The number of nitrogens with one attached hydrogen (secondary N) is 1. The summed E-state index contributed by atoms with van der Waals surface area (Å²) in [7, 11) is 0. The van der Waals surface area contributed by atoms with Gasteiger partial charge in [-0.2, -0.15) is 6.42 Å². The first-order valence-electron chi connectivity index (χ1n) is 21.0. The van der Waals surface area contributed by atoms with Crippen molar-refractivity contribution in [3.63, 3.8) is 0 Å².